The van der Waals surface area contributed by atoms with Gasteiger partial charge in [-0.1, -0.05) is 0 Å². The molecule has 0 saturated carbocycles. The zero-order valence-corrected chi connectivity index (χ0v) is 15.2. The molecule has 0 aromatic heterocycles. The number of fused-ring (bicyclic) bond motifs is 2. The smallest absolute Gasteiger partial charge is 0.254 e. The number of carbonyl (C=O) groups is 1. The fraction of sp³-hybridized carbons (Fsp3) is 0.588. The third-order valence-corrected chi connectivity index (χ3v) is 5.24. The molecule has 6 heteroatoms. The Hall–Kier alpha value is -1.27. The Labute approximate surface area is 145 Å². The first-order valence-corrected chi connectivity index (χ1v) is 8.98. The summed E-state index contributed by atoms with van der Waals surface area (Å²) in [6, 6.07) is 4.27. The second kappa shape index (κ2) is 7.09. The molecular weight excluding hydrogens is 360 g/mol. The maximum atomic E-state index is 13.1. The average Bonchev–Trinajstić information content (AvgIpc) is 2.81. The summed E-state index contributed by atoms with van der Waals surface area (Å²) in [4.78, 5) is 15.2. The second-order valence-electron chi connectivity index (χ2n) is 6.01. The maximum absolute atomic E-state index is 13.1. The number of nitrogens with zero attached hydrogens (tertiary/aromatic N) is 1. The van der Waals surface area contributed by atoms with Gasteiger partial charge >= 0.3 is 0 Å². The quantitative estimate of drug-likeness (QED) is 0.869. The number of benzene rings is 1. The van der Waals surface area contributed by atoms with E-state index in [4.69, 9.17) is 9.47 Å². The fourth-order valence-electron chi connectivity index (χ4n) is 3.59. The van der Waals surface area contributed by atoms with Gasteiger partial charge in [0.05, 0.1) is 18.2 Å². The van der Waals surface area contributed by atoms with Crippen LogP contribution in [0.5, 0.6) is 11.5 Å². The molecule has 126 valence electrons. The van der Waals surface area contributed by atoms with E-state index < -0.39 is 0 Å². The molecule has 3 rings (SSSR count). The molecule has 1 N–H and O–H groups in total. The van der Waals surface area contributed by atoms with Crippen molar-refractivity contribution in [3.63, 3.8) is 0 Å². The maximum Gasteiger partial charge on any atom is 0.254 e. The molecule has 1 aromatic rings. The minimum absolute atomic E-state index is 0.0863. The van der Waals surface area contributed by atoms with Crippen molar-refractivity contribution in [2.75, 3.05) is 26.8 Å². The van der Waals surface area contributed by atoms with E-state index in [1.165, 1.54) is 0 Å². The first-order chi connectivity index (χ1) is 11.2. The van der Waals surface area contributed by atoms with Crippen LogP contribution in [0.25, 0.3) is 0 Å². The summed E-state index contributed by atoms with van der Waals surface area (Å²) in [5.74, 6) is 1.32. The molecule has 2 atom stereocenters. The Morgan fingerprint density at radius 3 is 2.87 bits per heavy atom. The van der Waals surface area contributed by atoms with Gasteiger partial charge in [-0.25, -0.2) is 0 Å². The minimum atomic E-state index is 0.0863. The monoisotopic (exact) mass is 382 g/mol. The summed E-state index contributed by atoms with van der Waals surface area (Å²) in [5, 5.41) is 3.43. The molecule has 2 saturated heterocycles. The number of methoxy groups -OCH3 is 1. The number of rotatable bonds is 4. The molecule has 0 spiro atoms. The van der Waals surface area contributed by atoms with Crippen LogP contribution in [-0.2, 0) is 0 Å². The van der Waals surface area contributed by atoms with Crippen molar-refractivity contribution in [1.82, 2.24) is 10.2 Å². The van der Waals surface area contributed by atoms with Gasteiger partial charge in [-0.3, -0.25) is 4.79 Å². The highest BCUT2D eigenvalue weighted by Crippen LogP contribution is 2.38. The Morgan fingerprint density at radius 2 is 2.13 bits per heavy atom. The van der Waals surface area contributed by atoms with Gasteiger partial charge in [-0.2, -0.15) is 0 Å². The van der Waals surface area contributed by atoms with Gasteiger partial charge in [0.1, 0.15) is 0 Å². The lowest BCUT2D eigenvalue weighted by molar-refractivity contribution is 0.0679. The van der Waals surface area contributed by atoms with Crippen LogP contribution < -0.4 is 14.8 Å². The largest absolute Gasteiger partial charge is 0.493 e. The van der Waals surface area contributed by atoms with Crippen LogP contribution in [0, 0.1) is 0 Å². The van der Waals surface area contributed by atoms with Gasteiger partial charge in [0.2, 0.25) is 0 Å². The van der Waals surface area contributed by atoms with E-state index in [2.05, 4.69) is 26.1 Å². The lowest BCUT2D eigenvalue weighted by atomic mass is 10.1. The molecule has 2 unspecified atom stereocenters. The Morgan fingerprint density at radius 1 is 1.35 bits per heavy atom. The summed E-state index contributed by atoms with van der Waals surface area (Å²) in [6.07, 6.45) is 3.21. The number of hydrogen-bond donors (Lipinski definition) is 1. The van der Waals surface area contributed by atoms with Crippen molar-refractivity contribution in [1.29, 1.82) is 0 Å². The predicted molar refractivity (Wildman–Crippen MR) is 92.3 cm³/mol. The van der Waals surface area contributed by atoms with E-state index in [9.17, 15) is 4.79 Å². The molecule has 23 heavy (non-hydrogen) atoms. The third-order valence-electron chi connectivity index (χ3n) is 4.65. The third kappa shape index (κ3) is 3.19. The van der Waals surface area contributed by atoms with Crippen LogP contribution in [-0.4, -0.2) is 49.7 Å². The predicted octanol–water partition coefficient (Wildman–Crippen LogP) is 2.82. The molecule has 0 radical (unpaired) electrons. The number of hydrogen-bond acceptors (Lipinski definition) is 4. The minimum Gasteiger partial charge on any atom is -0.493 e. The van der Waals surface area contributed by atoms with E-state index in [-0.39, 0.29) is 5.91 Å². The van der Waals surface area contributed by atoms with Gasteiger partial charge in [-0.05, 0) is 60.8 Å². The average molecular weight is 383 g/mol. The zero-order valence-electron chi connectivity index (χ0n) is 13.6. The van der Waals surface area contributed by atoms with Crippen molar-refractivity contribution >= 4 is 21.8 Å². The lowest BCUT2D eigenvalue weighted by Gasteiger charge is -2.28. The molecular formula is C17H23BrN2O3. The zero-order chi connectivity index (χ0) is 16.4. The molecule has 2 bridgehead atoms. The number of amides is 1. The molecule has 2 aliphatic rings. The number of ether oxygens (including phenoxy) is 2. The Balaban J connectivity index is 1.91. The van der Waals surface area contributed by atoms with E-state index in [0.29, 0.717) is 35.8 Å². The summed E-state index contributed by atoms with van der Waals surface area (Å²) >= 11 is 3.51. The number of nitrogens with one attached hydrogen (secondary N) is 1. The van der Waals surface area contributed by atoms with Crippen molar-refractivity contribution in [2.24, 2.45) is 0 Å². The molecule has 1 amide bonds. The fourth-order valence-corrected chi connectivity index (χ4v) is 4.15. The summed E-state index contributed by atoms with van der Waals surface area (Å²) in [7, 11) is 1.60. The molecule has 2 heterocycles. The van der Waals surface area contributed by atoms with Gasteiger partial charge < -0.3 is 19.7 Å². The molecule has 2 aliphatic heterocycles. The first kappa shape index (κ1) is 16.6. The topological polar surface area (TPSA) is 50.8 Å². The highest BCUT2D eigenvalue weighted by Gasteiger charge is 2.38. The number of halogens is 1. The van der Waals surface area contributed by atoms with Crippen molar-refractivity contribution < 1.29 is 14.3 Å². The van der Waals surface area contributed by atoms with E-state index in [1.807, 2.05) is 13.0 Å². The molecule has 5 nitrogen and oxygen atoms in total. The Bertz CT molecular complexity index is 579. The standard InChI is InChI=1S/C17H23BrN2O3/c1-3-23-16-14(18)8-11(9-15(16)22-2)17(21)20-12-4-5-13(20)10-19-7-6-12/h8-9,12-13,19H,3-7,10H2,1-2H3. The first-order valence-electron chi connectivity index (χ1n) is 8.19. The van der Waals surface area contributed by atoms with Crippen molar-refractivity contribution in [3.8, 4) is 11.5 Å². The SMILES string of the molecule is CCOc1c(Br)cc(C(=O)N2C3CCNCC2CC3)cc1OC. The van der Waals surface area contributed by atoms with Crippen LogP contribution in [0.4, 0.5) is 0 Å². The summed E-state index contributed by atoms with van der Waals surface area (Å²) in [6.45, 7) is 4.34. The number of carbonyl (C=O) groups excluding carboxylic acids is 1. The van der Waals surface area contributed by atoms with Crippen LogP contribution in [0.1, 0.15) is 36.5 Å². The van der Waals surface area contributed by atoms with Crippen molar-refractivity contribution in [3.05, 3.63) is 22.2 Å². The molecule has 0 aliphatic carbocycles. The van der Waals surface area contributed by atoms with Crippen LogP contribution in [0.2, 0.25) is 0 Å². The highest BCUT2D eigenvalue weighted by molar-refractivity contribution is 9.10. The Kier molecular flexibility index (Phi) is 5.11. The van der Waals surface area contributed by atoms with Gasteiger partial charge in [0.25, 0.3) is 5.91 Å². The van der Waals surface area contributed by atoms with E-state index in [0.717, 1.165) is 36.8 Å². The van der Waals surface area contributed by atoms with Gasteiger partial charge in [0.15, 0.2) is 11.5 Å². The lowest BCUT2D eigenvalue weighted by Crippen LogP contribution is -2.42. The summed E-state index contributed by atoms with van der Waals surface area (Å²) in [5.41, 5.74) is 0.649. The van der Waals surface area contributed by atoms with E-state index in [1.54, 1.807) is 13.2 Å². The second-order valence-corrected chi connectivity index (χ2v) is 6.87. The normalized spacial score (nSPS) is 23.5. The summed E-state index contributed by atoms with van der Waals surface area (Å²) < 4.78 is 11.8. The highest BCUT2D eigenvalue weighted by atomic mass is 79.9. The van der Waals surface area contributed by atoms with Gasteiger partial charge in [-0.15, -0.1) is 0 Å². The molecule has 1 aromatic carbocycles. The van der Waals surface area contributed by atoms with Crippen molar-refractivity contribution in [2.45, 2.75) is 38.3 Å². The van der Waals surface area contributed by atoms with Gasteiger partial charge in [0, 0.05) is 24.2 Å². The van der Waals surface area contributed by atoms with E-state index >= 15 is 0 Å². The van der Waals surface area contributed by atoms with Crippen LogP contribution in [0.3, 0.4) is 0 Å². The van der Waals surface area contributed by atoms with Crippen LogP contribution >= 0.6 is 15.9 Å². The van der Waals surface area contributed by atoms with Crippen LogP contribution in [0.15, 0.2) is 16.6 Å². The molecule has 2 fully saturated rings.